The molecule has 3 aromatic rings. The second-order valence-electron chi connectivity index (χ2n) is 9.53. The van der Waals surface area contributed by atoms with Crippen molar-refractivity contribution < 1.29 is 9.59 Å². The first-order chi connectivity index (χ1) is 16.1. The van der Waals surface area contributed by atoms with Crippen LogP contribution < -0.4 is 5.32 Å². The molecule has 1 aromatic heterocycles. The summed E-state index contributed by atoms with van der Waals surface area (Å²) in [6.07, 6.45) is 9.97. The van der Waals surface area contributed by atoms with Gasteiger partial charge in [-0.3, -0.25) is 14.6 Å². The summed E-state index contributed by atoms with van der Waals surface area (Å²) in [5.41, 5.74) is 1.98. The summed E-state index contributed by atoms with van der Waals surface area (Å²) in [5.74, 6) is 0.274. The van der Waals surface area contributed by atoms with Gasteiger partial charge in [-0.1, -0.05) is 48.5 Å². The van der Waals surface area contributed by atoms with Crippen LogP contribution in [0.3, 0.4) is 0 Å². The molecule has 0 unspecified atom stereocenters. The van der Waals surface area contributed by atoms with Crippen LogP contribution in [0.5, 0.6) is 0 Å². The Hall–Kier alpha value is -3.21. The van der Waals surface area contributed by atoms with Crippen molar-refractivity contribution in [1.82, 2.24) is 15.2 Å². The molecular weight excluding hydrogens is 410 g/mol. The number of carbonyl (C=O) groups excluding carboxylic acids is 2. The molecule has 2 atom stereocenters. The number of carbonyl (C=O) groups is 2. The van der Waals surface area contributed by atoms with Gasteiger partial charge in [-0.05, 0) is 66.5 Å². The largest absolute Gasteiger partial charge is 0.350 e. The van der Waals surface area contributed by atoms with E-state index in [1.807, 2.05) is 17.2 Å². The van der Waals surface area contributed by atoms with Crippen molar-refractivity contribution in [2.24, 2.45) is 0 Å². The molecule has 0 spiro atoms. The number of piperidine rings is 1. The molecule has 170 valence electrons. The topological polar surface area (TPSA) is 62.3 Å². The van der Waals surface area contributed by atoms with Crippen LogP contribution in [0.15, 0.2) is 67.0 Å². The van der Waals surface area contributed by atoms with Crippen LogP contribution >= 0.6 is 0 Å². The van der Waals surface area contributed by atoms with E-state index in [2.05, 4.69) is 58.8 Å². The number of aromatic nitrogens is 1. The van der Waals surface area contributed by atoms with Gasteiger partial charge in [0.25, 0.3) is 0 Å². The van der Waals surface area contributed by atoms with Gasteiger partial charge in [0.1, 0.15) is 0 Å². The molecule has 2 aliphatic heterocycles. The van der Waals surface area contributed by atoms with Gasteiger partial charge in [0.15, 0.2) is 0 Å². The Morgan fingerprint density at radius 2 is 1.97 bits per heavy atom. The average molecular weight is 442 g/mol. The van der Waals surface area contributed by atoms with Gasteiger partial charge >= 0.3 is 0 Å². The molecule has 0 aliphatic carbocycles. The fourth-order valence-electron chi connectivity index (χ4n) is 5.63. The molecule has 1 N–H and O–H groups in total. The number of benzene rings is 2. The van der Waals surface area contributed by atoms with Crippen LogP contribution in [0, 0.1) is 0 Å². The summed E-state index contributed by atoms with van der Waals surface area (Å²) >= 11 is 0. The first-order valence-corrected chi connectivity index (χ1v) is 12.1. The van der Waals surface area contributed by atoms with Crippen molar-refractivity contribution in [3.8, 4) is 0 Å². The van der Waals surface area contributed by atoms with Crippen LogP contribution in [0.25, 0.3) is 10.8 Å². The standard InChI is InChI=1S/C28H31N3O2/c32-26-13-15-28(30-26,19-22-9-5-8-21-7-1-2-11-24(21)22)16-14-27(33)31-18-4-3-12-25(31)23-10-6-17-29-20-23/h1-2,5-11,17,20,25H,3-4,12-16,18-19H2,(H,30,32)/t25-,28+/m1/s1. The van der Waals surface area contributed by atoms with E-state index in [0.29, 0.717) is 19.3 Å². The molecule has 2 amide bonds. The molecule has 0 saturated carbocycles. The molecule has 5 nitrogen and oxygen atoms in total. The summed E-state index contributed by atoms with van der Waals surface area (Å²) < 4.78 is 0. The highest BCUT2D eigenvalue weighted by Crippen LogP contribution is 2.35. The molecule has 3 heterocycles. The number of fused-ring (bicyclic) bond motifs is 1. The monoisotopic (exact) mass is 441 g/mol. The minimum Gasteiger partial charge on any atom is -0.350 e. The molecule has 5 rings (SSSR count). The van der Waals surface area contributed by atoms with Crippen molar-refractivity contribution in [2.45, 2.75) is 62.9 Å². The summed E-state index contributed by atoms with van der Waals surface area (Å²) in [4.78, 5) is 32.0. The maximum absolute atomic E-state index is 13.4. The van der Waals surface area contributed by atoms with Gasteiger partial charge < -0.3 is 10.2 Å². The molecule has 2 saturated heterocycles. The second kappa shape index (κ2) is 9.34. The van der Waals surface area contributed by atoms with E-state index >= 15 is 0 Å². The van der Waals surface area contributed by atoms with Crippen molar-refractivity contribution in [3.05, 3.63) is 78.1 Å². The predicted molar refractivity (Wildman–Crippen MR) is 130 cm³/mol. The Balaban J connectivity index is 1.34. The van der Waals surface area contributed by atoms with Crippen LogP contribution in [0.4, 0.5) is 0 Å². The Morgan fingerprint density at radius 1 is 1.09 bits per heavy atom. The third-order valence-electron chi connectivity index (χ3n) is 7.35. The summed E-state index contributed by atoms with van der Waals surface area (Å²) in [6, 6.07) is 18.9. The average Bonchev–Trinajstić information content (AvgIpc) is 3.23. The van der Waals surface area contributed by atoms with Gasteiger partial charge in [-0.2, -0.15) is 0 Å². The zero-order chi connectivity index (χ0) is 22.7. The third-order valence-corrected chi connectivity index (χ3v) is 7.35. The normalized spacial score (nSPS) is 23.0. The minimum atomic E-state index is -0.365. The smallest absolute Gasteiger partial charge is 0.223 e. The summed E-state index contributed by atoms with van der Waals surface area (Å²) in [6.45, 7) is 0.793. The maximum atomic E-state index is 13.4. The first-order valence-electron chi connectivity index (χ1n) is 12.1. The number of rotatable bonds is 6. The van der Waals surface area contributed by atoms with E-state index in [1.165, 1.54) is 16.3 Å². The fourth-order valence-corrected chi connectivity index (χ4v) is 5.63. The molecule has 5 heteroatoms. The number of amides is 2. The SMILES string of the molecule is O=C1CC[C@](CCC(=O)N2CCCC[C@@H]2c2cccnc2)(Cc2cccc3ccccc23)N1. The highest BCUT2D eigenvalue weighted by Gasteiger charge is 2.39. The molecule has 2 aliphatic rings. The van der Waals surface area contributed by atoms with Gasteiger partial charge in [0, 0.05) is 37.3 Å². The van der Waals surface area contributed by atoms with E-state index in [0.717, 1.165) is 44.2 Å². The third kappa shape index (κ3) is 4.63. The zero-order valence-electron chi connectivity index (χ0n) is 19.0. The van der Waals surface area contributed by atoms with Crippen molar-refractivity contribution in [1.29, 1.82) is 0 Å². The van der Waals surface area contributed by atoms with E-state index < -0.39 is 0 Å². The predicted octanol–water partition coefficient (Wildman–Crippen LogP) is 4.96. The summed E-state index contributed by atoms with van der Waals surface area (Å²) in [7, 11) is 0. The number of likely N-dealkylation sites (tertiary alicyclic amines) is 1. The molecule has 33 heavy (non-hydrogen) atoms. The van der Waals surface area contributed by atoms with Crippen molar-refractivity contribution in [3.63, 3.8) is 0 Å². The minimum absolute atomic E-state index is 0.0916. The molecule has 0 bridgehead atoms. The van der Waals surface area contributed by atoms with Gasteiger partial charge in [0.2, 0.25) is 11.8 Å². The fraction of sp³-hybridized carbons (Fsp3) is 0.393. The number of pyridine rings is 1. The highest BCUT2D eigenvalue weighted by molar-refractivity contribution is 5.86. The quantitative estimate of drug-likeness (QED) is 0.588. The number of hydrogen-bond donors (Lipinski definition) is 1. The van der Waals surface area contributed by atoms with Gasteiger partial charge in [-0.25, -0.2) is 0 Å². The Bertz CT molecular complexity index is 1140. The van der Waals surface area contributed by atoms with Crippen molar-refractivity contribution >= 4 is 22.6 Å². The van der Waals surface area contributed by atoms with E-state index in [9.17, 15) is 9.59 Å². The van der Waals surface area contributed by atoms with Gasteiger partial charge in [0.05, 0.1) is 6.04 Å². The van der Waals surface area contributed by atoms with Crippen molar-refractivity contribution in [2.75, 3.05) is 6.54 Å². The number of hydrogen-bond acceptors (Lipinski definition) is 3. The lowest BCUT2D eigenvalue weighted by molar-refractivity contribution is -0.135. The molecule has 0 radical (unpaired) electrons. The maximum Gasteiger partial charge on any atom is 0.223 e. The zero-order valence-corrected chi connectivity index (χ0v) is 19.0. The van der Waals surface area contributed by atoms with Crippen LogP contribution in [0.2, 0.25) is 0 Å². The second-order valence-corrected chi connectivity index (χ2v) is 9.53. The first kappa shape index (κ1) is 21.6. The van der Waals surface area contributed by atoms with Crippen LogP contribution in [-0.2, 0) is 16.0 Å². The summed E-state index contributed by atoms with van der Waals surface area (Å²) in [5, 5.41) is 5.69. The number of nitrogens with one attached hydrogen (secondary N) is 1. The lowest BCUT2D eigenvalue weighted by atomic mass is 9.83. The molecule has 2 fully saturated rings. The van der Waals surface area contributed by atoms with Gasteiger partial charge in [-0.15, -0.1) is 0 Å². The Labute approximate surface area is 195 Å². The van der Waals surface area contributed by atoms with E-state index in [1.54, 1.807) is 6.20 Å². The Morgan fingerprint density at radius 3 is 2.79 bits per heavy atom. The molecular formula is C28H31N3O2. The van der Waals surface area contributed by atoms with E-state index in [4.69, 9.17) is 0 Å². The Kier molecular flexibility index (Phi) is 6.12. The lowest BCUT2D eigenvalue weighted by Gasteiger charge is -2.37. The molecule has 2 aromatic carbocycles. The van der Waals surface area contributed by atoms with E-state index in [-0.39, 0.29) is 23.4 Å². The van der Waals surface area contributed by atoms with Crippen LogP contribution in [0.1, 0.15) is 62.1 Å². The highest BCUT2D eigenvalue weighted by atomic mass is 16.2. The number of nitrogens with zero attached hydrogens (tertiary/aromatic N) is 2. The van der Waals surface area contributed by atoms with Crippen LogP contribution in [-0.4, -0.2) is 33.8 Å². The lowest BCUT2D eigenvalue weighted by Crippen LogP contribution is -2.45.